The van der Waals surface area contributed by atoms with Crippen LogP contribution in [0, 0.1) is 0 Å². The predicted molar refractivity (Wildman–Crippen MR) is 74.2 cm³/mol. The molecule has 0 atom stereocenters. The Labute approximate surface area is 111 Å². The lowest BCUT2D eigenvalue weighted by Gasteiger charge is -2.05. The molecule has 0 spiro atoms. The van der Waals surface area contributed by atoms with Gasteiger partial charge in [-0.15, -0.1) is 0 Å². The number of rotatable bonds is 4. The van der Waals surface area contributed by atoms with Crippen LogP contribution in [0.15, 0.2) is 36.5 Å². The summed E-state index contributed by atoms with van der Waals surface area (Å²) in [5.41, 5.74) is 2.52. The van der Waals surface area contributed by atoms with E-state index in [0.29, 0.717) is 10.7 Å². The van der Waals surface area contributed by atoms with Crippen molar-refractivity contribution in [2.45, 2.75) is 19.8 Å². The first-order valence-corrected chi connectivity index (χ1v) is 6.31. The van der Waals surface area contributed by atoms with Gasteiger partial charge in [-0.1, -0.05) is 37.1 Å². The van der Waals surface area contributed by atoms with E-state index in [2.05, 4.69) is 17.2 Å². The van der Waals surface area contributed by atoms with Crippen molar-refractivity contribution in [3.8, 4) is 0 Å². The number of anilines is 1. The van der Waals surface area contributed by atoms with Crippen molar-refractivity contribution in [3.05, 3.63) is 52.8 Å². The first-order chi connectivity index (χ1) is 8.69. The van der Waals surface area contributed by atoms with Gasteiger partial charge in [-0.2, -0.15) is 0 Å². The predicted octanol–water partition coefficient (Wildman–Crippen LogP) is 3.87. The third-order valence-corrected chi connectivity index (χ3v) is 2.86. The molecule has 0 saturated carbocycles. The molecule has 0 aliphatic carbocycles. The zero-order valence-corrected chi connectivity index (χ0v) is 10.9. The van der Waals surface area contributed by atoms with Crippen LogP contribution < -0.4 is 5.32 Å². The lowest BCUT2D eigenvalue weighted by Crippen LogP contribution is -2.12. The standard InChI is InChI=1S/C14H15ClN2O/c1-2-3-10-4-6-12(7-5-10)17-14(18)13-8-11(15)9-16-13/h4-9,16H,2-3H2,1H3,(H,17,18). The number of carbonyl (C=O) groups is 1. The molecular weight excluding hydrogens is 248 g/mol. The highest BCUT2D eigenvalue weighted by atomic mass is 35.5. The van der Waals surface area contributed by atoms with Gasteiger partial charge in [-0.3, -0.25) is 4.79 Å². The normalized spacial score (nSPS) is 10.3. The molecule has 1 aromatic carbocycles. The van der Waals surface area contributed by atoms with E-state index in [0.717, 1.165) is 18.5 Å². The second-order valence-corrected chi connectivity index (χ2v) is 4.57. The SMILES string of the molecule is CCCc1ccc(NC(=O)c2cc(Cl)c[nH]2)cc1. The van der Waals surface area contributed by atoms with Gasteiger partial charge >= 0.3 is 0 Å². The van der Waals surface area contributed by atoms with Crippen LogP contribution in [-0.2, 0) is 6.42 Å². The van der Waals surface area contributed by atoms with Gasteiger partial charge in [-0.05, 0) is 30.2 Å². The number of aromatic amines is 1. The number of benzene rings is 1. The van der Waals surface area contributed by atoms with E-state index in [1.807, 2.05) is 24.3 Å². The summed E-state index contributed by atoms with van der Waals surface area (Å²) in [5.74, 6) is -0.190. The third kappa shape index (κ3) is 3.14. The Morgan fingerprint density at radius 3 is 2.61 bits per heavy atom. The fraction of sp³-hybridized carbons (Fsp3) is 0.214. The van der Waals surface area contributed by atoms with Gasteiger partial charge in [0, 0.05) is 11.9 Å². The lowest BCUT2D eigenvalue weighted by molar-refractivity contribution is 0.102. The molecule has 1 aromatic heterocycles. The second kappa shape index (κ2) is 5.74. The number of hydrogen-bond acceptors (Lipinski definition) is 1. The lowest BCUT2D eigenvalue weighted by atomic mass is 10.1. The highest BCUT2D eigenvalue weighted by Crippen LogP contribution is 2.14. The molecule has 0 saturated heterocycles. The van der Waals surface area contributed by atoms with Crippen LogP contribution in [0.25, 0.3) is 0 Å². The summed E-state index contributed by atoms with van der Waals surface area (Å²) in [6, 6.07) is 9.48. The number of aromatic nitrogens is 1. The largest absolute Gasteiger partial charge is 0.356 e. The average Bonchev–Trinajstić information content (AvgIpc) is 2.79. The van der Waals surface area contributed by atoms with Crippen LogP contribution in [-0.4, -0.2) is 10.9 Å². The van der Waals surface area contributed by atoms with Gasteiger partial charge in [0.05, 0.1) is 5.02 Å². The number of hydrogen-bond donors (Lipinski definition) is 2. The minimum Gasteiger partial charge on any atom is -0.356 e. The molecule has 1 amide bonds. The molecule has 0 radical (unpaired) electrons. The van der Waals surface area contributed by atoms with Crippen LogP contribution >= 0.6 is 11.6 Å². The average molecular weight is 263 g/mol. The minimum absolute atomic E-state index is 0.190. The smallest absolute Gasteiger partial charge is 0.272 e. The zero-order chi connectivity index (χ0) is 13.0. The first kappa shape index (κ1) is 12.7. The van der Waals surface area contributed by atoms with Crippen molar-refractivity contribution < 1.29 is 4.79 Å². The summed E-state index contributed by atoms with van der Waals surface area (Å²) in [6.45, 7) is 2.14. The highest BCUT2D eigenvalue weighted by molar-refractivity contribution is 6.31. The van der Waals surface area contributed by atoms with E-state index >= 15 is 0 Å². The summed E-state index contributed by atoms with van der Waals surface area (Å²) in [6.07, 6.45) is 3.76. The number of H-pyrrole nitrogens is 1. The van der Waals surface area contributed by atoms with Crippen LogP contribution in [0.5, 0.6) is 0 Å². The van der Waals surface area contributed by atoms with Crippen molar-refractivity contribution in [3.63, 3.8) is 0 Å². The van der Waals surface area contributed by atoms with Gasteiger partial charge in [0.2, 0.25) is 0 Å². The molecule has 0 aliphatic heterocycles. The Bertz CT molecular complexity index is 531. The maximum absolute atomic E-state index is 11.8. The molecule has 0 unspecified atom stereocenters. The Morgan fingerprint density at radius 1 is 1.33 bits per heavy atom. The summed E-state index contributed by atoms with van der Waals surface area (Å²) in [4.78, 5) is 14.7. The molecule has 3 nitrogen and oxygen atoms in total. The third-order valence-electron chi connectivity index (χ3n) is 2.64. The Morgan fingerprint density at radius 2 is 2.06 bits per heavy atom. The van der Waals surface area contributed by atoms with Crippen LogP contribution in [0.4, 0.5) is 5.69 Å². The van der Waals surface area contributed by atoms with Crippen molar-refractivity contribution in [2.75, 3.05) is 5.32 Å². The second-order valence-electron chi connectivity index (χ2n) is 4.13. The summed E-state index contributed by atoms with van der Waals surface area (Å²) in [7, 11) is 0. The fourth-order valence-electron chi connectivity index (χ4n) is 1.74. The van der Waals surface area contributed by atoms with Gasteiger partial charge in [0.1, 0.15) is 5.69 Å². The monoisotopic (exact) mass is 262 g/mol. The Kier molecular flexibility index (Phi) is 4.05. The van der Waals surface area contributed by atoms with E-state index < -0.39 is 0 Å². The van der Waals surface area contributed by atoms with Crippen LogP contribution in [0.1, 0.15) is 29.4 Å². The molecular formula is C14H15ClN2O. The Balaban J connectivity index is 2.03. The van der Waals surface area contributed by atoms with Gasteiger partial charge in [0.15, 0.2) is 0 Å². The van der Waals surface area contributed by atoms with E-state index in [9.17, 15) is 4.79 Å². The van der Waals surface area contributed by atoms with Crippen LogP contribution in [0.3, 0.4) is 0 Å². The van der Waals surface area contributed by atoms with Crippen molar-refractivity contribution in [2.24, 2.45) is 0 Å². The number of aryl methyl sites for hydroxylation is 1. The molecule has 2 N–H and O–H groups in total. The highest BCUT2D eigenvalue weighted by Gasteiger charge is 2.07. The van der Waals surface area contributed by atoms with E-state index in [-0.39, 0.29) is 5.91 Å². The number of carbonyl (C=O) groups excluding carboxylic acids is 1. The molecule has 18 heavy (non-hydrogen) atoms. The maximum Gasteiger partial charge on any atom is 0.272 e. The maximum atomic E-state index is 11.8. The first-order valence-electron chi connectivity index (χ1n) is 5.93. The molecule has 0 aliphatic rings. The quantitative estimate of drug-likeness (QED) is 0.863. The van der Waals surface area contributed by atoms with Gasteiger partial charge < -0.3 is 10.3 Å². The summed E-state index contributed by atoms with van der Waals surface area (Å²) >= 11 is 5.75. The van der Waals surface area contributed by atoms with Crippen molar-refractivity contribution in [1.29, 1.82) is 0 Å². The fourth-order valence-corrected chi connectivity index (χ4v) is 1.90. The van der Waals surface area contributed by atoms with E-state index in [1.165, 1.54) is 5.56 Å². The van der Waals surface area contributed by atoms with Crippen LogP contribution in [0.2, 0.25) is 5.02 Å². The molecule has 2 rings (SSSR count). The summed E-state index contributed by atoms with van der Waals surface area (Å²) in [5, 5.41) is 3.34. The van der Waals surface area contributed by atoms with Gasteiger partial charge in [0.25, 0.3) is 5.91 Å². The number of halogens is 1. The molecule has 0 fully saturated rings. The zero-order valence-electron chi connectivity index (χ0n) is 10.2. The molecule has 2 aromatic rings. The molecule has 94 valence electrons. The molecule has 0 bridgehead atoms. The topological polar surface area (TPSA) is 44.9 Å². The summed E-state index contributed by atoms with van der Waals surface area (Å²) < 4.78 is 0. The number of nitrogens with one attached hydrogen (secondary N) is 2. The Hall–Kier alpha value is -1.74. The molecule has 1 heterocycles. The van der Waals surface area contributed by atoms with E-state index in [1.54, 1.807) is 12.3 Å². The van der Waals surface area contributed by atoms with Crippen molar-refractivity contribution in [1.82, 2.24) is 4.98 Å². The van der Waals surface area contributed by atoms with Gasteiger partial charge in [-0.25, -0.2) is 0 Å². The molecule has 4 heteroatoms. The van der Waals surface area contributed by atoms with E-state index in [4.69, 9.17) is 11.6 Å². The van der Waals surface area contributed by atoms with Crippen molar-refractivity contribution >= 4 is 23.2 Å². The number of amides is 1. The minimum atomic E-state index is -0.190.